The van der Waals surface area contributed by atoms with E-state index in [0.29, 0.717) is 23.6 Å². The average molecular weight is 370 g/mol. The number of nitrogens with one attached hydrogen (secondary N) is 1. The first-order chi connectivity index (χ1) is 13.0. The number of rotatable bonds is 9. The zero-order valence-corrected chi connectivity index (χ0v) is 17.0. The van der Waals surface area contributed by atoms with E-state index in [9.17, 15) is 4.79 Å². The summed E-state index contributed by atoms with van der Waals surface area (Å²) in [5.41, 5.74) is 3.74. The molecule has 0 fully saturated rings. The molecule has 5 nitrogen and oxygen atoms in total. The van der Waals surface area contributed by atoms with Crippen LogP contribution < -0.4 is 14.8 Å². The Bertz CT molecular complexity index is 728. The summed E-state index contributed by atoms with van der Waals surface area (Å²) in [6, 6.07) is 11.8. The van der Waals surface area contributed by atoms with Gasteiger partial charge in [-0.05, 0) is 43.3 Å². The van der Waals surface area contributed by atoms with Crippen molar-refractivity contribution in [3.8, 4) is 11.5 Å². The van der Waals surface area contributed by atoms with Gasteiger partial charge in [0, 0.05) is 24.2 Å². The Morgan fingerprint density at radius 2 is 1.48 bits per heavy atom. The van der Waals surface area contributed by atoms with E-state index in [-0.39, 0.29) is 5.91 Å². The summed E-state index contributed by atoms with van der Waals surface area (Å²) in [4.78, 5) is 14.9. The molecule has 27 heavy (non-hydrogen) atoms. The van der Waals surface area contributed by atoms with Crippen molar-refractivity contribution in [3.63, 3.8) is 0 Å². The number of nitrogens with zero attached hydrogens (tertiary/aromatic N) is 1. The second kappa shape index (κ2) is 9.97. The molecule has 0 radical (unpaired) electrons. The molecule has 5 heteroatoms. The molecule has 1 amide bonds. The van der Waals surface area contributed by atoms with E-state index in [1.54, 1.807) is 26.4 Å². The Morgan fingerprint density at radius 3 is 1.96 bits per heavy atom. The fourth-order valence-electron chi connectivity index (χ4n) is 2.97. The van der Waals surface area contributed by atoms with Crippen LogP contribution in [0, 0.1) is 6.92 Å². The Kier molecular flexibility index (Phi) is 7.67. The van der Waals surface area contributed by atoms with Crippen LogP contribution in [-0.4, -0.2) is 38.1 Å². The summed E-state index contributed by atoms with van der Waals surface area (Å²) >= 11 is 0. The molecule has 0 aliphatic carbocycles. The van der Waals surface area contributed by atoms with E-state index in [0.717, 1.165) is 30.8 Å². The van der Waals surface area contributed by atoms with Gasteiger partial charge in [0.2, 0.25) is 0 Å². The molecule has 2 rings (SSSR count). The highest BCUT2D eigenvalue weighted by atomic mass is 16.5. The normalized spacial score (nSPS) is 10.7. The first-order valence-electron chi connectivity index (χ1n) is 9.33. The Morgan fingerprint density at radius 1 is 0.963 bits per heavy atom. The SMILES string of the molecule is CCN(CC)Cc1ccc(CNC(=O)c2cc(OC)c(C)c(OC)c2)cc1. The van der Waals surface area contributed by atoms with Gasteiger partial charge in [-0.2, -0.15) is 0 Å². The molecule has 2 aromatic carbocycles. The molecule has 1 N–H and O–H groups in total. The monoisotopic (exact) mass is 370 g/mol. The van der Waals surface area contributed by atoms with Crippen LogP contribution in [0.25, 0.3) is 0 Å². The predicted octanol–water partition coefficient (Wildman–Crippen LogP) is 3.78. The minimum absolute atomic E-state index is 0.154. The second-order valence-corrected chi connectivity index (χ2v) is 6.47. The summed E-state index contributed by atoms with van der Waals surface area (Å²) in [6.45, 7) is 9.74. The van der Waals surface area contributed by atoms with Gasteiger partial charge in [-0.3, -0.25) is 9.69 Å². The molecule has 146 valence electrons. The van der Waals surface area contributed by atoms with Gasteiger partial charge < -0.3 is 14.8 Å². The molecule has 0 saturated heterocycles. The maximum Gasteiger partial charge on any atom is 0.251 e. The van der Waals surface area contributed by atoms with Crippen molar-refractivity contribution in [1.82, 2.24) is 10.2 Å². The van der Waals surface area contributed by atoms with E-state index in [2.05, 4.69) is 48.3 Å². The molecule has 0 spiro atoms. The number of carbonyl (C=O) groups excluding carboxylic acids is 1. The highest BCUT2D eigenvalue weighted by molar-refractivity contribution is 5.95. The van der Waals surface area contributed by atoms with E-state index >= 15 is 0 Å². The van der Waals surface area contributed by atoms with Crippen LogP contribution in [0.4, 0.5) is 0 Å². The van der Waals surface area contributed by atoms with Crippen molar-refractivity contribution in [2.75, 3.05) is 27.3 Å². The Labute approximate surface area is 162 Å². The van der Waals surface area contributed by atoms with Crippen molar-refractivity contribution >= 4 is 5.91 Å². The van der Waals surface area contributed by atoms with Crippen LogP contribution in [0.15, 0.2) is 36.4 Å². The van der Waals surface area contributed by atoms with Crippen molar-refractivity contribution < 1.29 is 14.3 Å². The largest absolute Gasteiger partial charge is 0.496 e. The molecular weight excluding hydrogens is 340 g/mol. The van der Waals surface area contributed by atoms with E-state index < -0.39 is 0 Å². The van der Waals surface area contributed by atoms with Gasteiger partial charge in [0.1, 0.15) is 11.5 Å². The lowest BCUT2D eigenvalue weighted by Crippen LogP contribution is -2.23. The zero-order valence-electron chi connectivity index (χ0n) is 17.0. The standard InChI is InChI=1S/C22H30N2O3/c1-6-24(7-2)15-18-10-8-17(9-11-18)14-23-22(25)19-12-20(26-4)16(3)21(13-19)27-5/h8-13H,6-7,14-15H2,1-5H3,(H,23,25). The van der Waals surface area contributed by atoms with Gasteiger partial charge in [0.25, 0.3) is 5.91 Å². The fraction of sp³-hybridized carbons (Fsp3) is 0.409. The zero-order chi connectivity index (χ0) is 19.8. The predicted molar refractivity (Wildman–Crippen MR) is 109 cm³/mol. The molecular formula is C22H30N2O3. The van der Waals surface area contributed by atoms with Gasteiger partial charge in [-0.1, -0.05) is 38.1 Å². The average Bonchev–Trinajstić information content (AvgIpc) is 2.71. The highest BCUT2D eigenvalue weighted by Crippen LogP contribution is 2.29. The summed E-state index contributed by atoms with van der Waals surface area (Å²) in [5, 5.41) is 2.96. The van der Waals surface area contributed by atoms with Gasteiger partial charge in [-0.15, -0.1) is 0 Å². The molecule has 2 aromatic rings. The molecule has 0 unspecified atom stereocenters. The van der Waals surface area contributed by atoms with Crippen molar-refractivity contribution in [3.05, 3.63) is 58.7 Å². The maximum absolute atomic E-state index is 12.5. The van der Waals surface area contributed by atoms with Crippen LogP contribution >= 0.6 is 0 Å². The number of hydrogen-bond acceptors (Lipinski definition) is 4. The van der Waals surface area contributed by atoms with Crippen molar-refractivity contribution in [1.29, 1.82) is 0 Å². The molecule has 0 bridgehead atoms. The number of hydrogen-bond donors (Lipinski definition) is 1. The van der Waals surface area contributed by atoms with Crippen molar-refractivity contribution in [2.24, 2.45) is 0 Å². The van der Waals surface area contributed by atoms with Crippen LogP contribution in [0.2, 0.25) is 0 Å². The van der Waals surface area contributed by atoms with Gasteiger partial charge in [0.15, 0.2) is 0 Å². The van der Waals surface area contributed by atoms with Crippen LogP contribution in [0.1, 0.15) is 40.9 Å². The number of methoxy groups -OCH3 is 2. The third kappa shape index (κ3) is 5.47. The number of carbonyl (C=O) groups is 1. The van der Waals surface area contributed by atoms with Crippen LogP contribution in [-0.2, 0) is 13.1 Å². The molecule has 0 atom stereocenters. The second-order valence-electron chi connectivity index (χ2n) is 6.47. The quantitative estimate of drug-likeness (QED) is 0.730. The first kappa shape index (κ1) is 20.8. The van der Waals surface area contributed by atoms with Crippen molar-refractivity contribution in [2.45, 2.75) is 33.9 Å². The topological polar surface area (TPSA) is 50.8 Å². The van der Waals surface area contributed by atoms with E-state index in [1.165, 1.54) is 5.56 Å². The summed E-state index contributed by atoms with van der Waals surface area (Å²) < 4.78 is 10.7. The molecule has 0 aliphatic rings. The van der Waals surface area contributed by atoms with E-state index in [1.807, 2.05) is 6.92 Å². The lowest BCUT2D eigenvalue weighted by atomic mass is 10.1. The molecule has 0 aromatic heterocycles. The summed E-state index contributed by atoms with van der Waals surface area (Å²) in [6.07, 6.45) is 0. The molecule has 0 saturated carbocycles. The Balaban J connectivity index is 2.01. The Hall–Kier alpha value is -2.53. The van der Waals surface area contributed by atoms with Gasteiger partial charge in [0.05, 0.1) is 14.2 Å². The third-order valence-electron chi connectivity index (χ3n) is 4.79. The van der Waals surface area contributed by atoms with Gasteiger partial charge >= 0.3 is 0 Å². The summed E-state index contributed by atoms with van der Waals surface area (Å²) in [5.74, 6) is 1.12. The fourth-order valence-corrected chi connectivity index (χ4v) is 2.97. The van der Waals surface area contributed by atoms with Crippen LogP contribution in [0.3, 0.4) is 0 Å². The number of ether oxygens (including phenoxy) is 2. The third-order valence-corrected chi connectivity index (χ3v) is 4.79. The number of benzene rings is 2. The minimum atomic E-state index is -0.154. The van der Waals surface area contributed by atoms with Crippen LogP contribution in [0.5, 0.6) is 11.5 Å². The smallest absolute Gasteiger partial charge is 0.251 e. The lowest BCUT2D eigenvalue weighted by molar-refractivity contribution is 0.0950. The molecule has 0 aliphatic heterocycles. The first-order valence-corrected chi connectivity index (χ1v) is 9.33. The molecule has 0 heterocycles. The maximum atomic E-state index is 12.5. The van der Waals surface area contributed by atoms with E-state index in [4.69, 9.17) is 9.47 Å². The summed E-state index contributed by atoms with van der Waals surface area (Å²) in [7, 11) is 3.17. The number of amides is 1. The minimum Gasteiger partial charge on any atom is -0.496 e. The lowest BCUT2D eigenvalue weighted by Gasteiger charge is -2.18. The van der Waals surface area contributed by atoms with Gasteiger partial charge in [-0.25, -0.2) is 0 Å². The highest BCUT2D eigenvalue weighted by Gasteiger charge is 2.13.